The van der Waals surface area contributed by atoms with Crippen molar-refractivity contribution >= 4 is 23.3 Å². The standard InChI is InChI=1S/C21H22N4O4/c1-13-19(21(28)29-3)17(24-20(13)14(2)26)9-18(27)23-16-10-22-25(12-16)11-15-7-5-4-6-8-15/h4-8,10,12,24H,9,11H2,1-3H3,(H,23,27). The second-order valence-electron chi connectivity index (χ2n) is 6.66. The average molecular weight is 394 g/mol. The first-order valence-corrected chi connectivity index (χ1v) is 9.06. The van der Waals surface area contributed by atoms with Crippen LogP contribution in [0.15, 0.2) is 42.7 Å². The third kappa shape index (κ3) is 4.60. The lowest BCUT2D eigenvalue weighted by molar-refractivity contribution is -0.115. The van der Waals surface area contributed by atoms with Crippen LogP contribution in [-0.4, -0.2) is 39.5 Å². The predicted octanol–water partition coefficient (Wildman–Crippen LogP) is 2.74. The van der Waals surface area contributed by atoms with Gasteiger partial charge < -0.3 is 15.0 Å². The molecule has 0 fully saturated rings. The molecule has 2 aromatic heterocycles. The van der Waals surface area contributed by atoms with Crippen molar-refractivity contribution in [3.8, 4) is 0 Å². The van der Waals surface area contributed by atoms with Crippen LogP contribution in [0, 0.1) is 6.92 Å². The molecule has 3 rings (SSSR count). The van der Waals surface area contributed by atoms with Gasteiger partial charge in [-0.3, -0.25) is 14.3 Å². The number of carbonyl (C=O) groups excluding carboxylic acids is 3. The number of Topliss-reactive ketones (excluding diaryl/α,β-unsaturated/α-hetero) is 1. The van der Waals surface area contributed by atoms with Crippen LogP contribution in [0.1, 0.15) is 44.6 Å². The van der Waals surface area contributed by atoms with E-state index in [1.807, 2.05) is 30.3 Å². The van der Waals surface area contributed by atoms with Gasteiger partial charge in [-0.25, -0.2) is 4.79 Å². The summed E-state index contributed by atoms with van der Waals surface area (Å²) in [7, 11) is 1.26. The number of nitrogens with one attached hydrogen (secondary N) is 2. The molecule has 0 aliphatic rings. The van der Waals surface area contributed by atoms with Gasteiger partial charge in [0.2, 0.25) is 5.91 Å². The summed E-state index contributed by atoms with van der Waals surface area (Å²) in [5.41, 5.74) is 2.96. The van der Waals surface area contributed by atoms with E-state index in [2.05, 4.69) is 15.4 Å². The Morgan fingerprint density at radius 2 is 1.93 bits per heavy atom. The lowest BCUT2D eigenvalue weighted by Crippen LogP contribution is -2.16. The molecule has 3 aromatic rings. The van der Waals surface area contributed by atoms with Gasteiger partial charge in [-0.05, 0) is 18.1 Å². The lowest BCUT2D eigenvalue weighted by Gasteiger charge is -2.05. The number of anilines is 1. The number of rotatable bonds is 7. The summed E-state index contributed by atoms with van der Waals surface area (Å²) in [4.78, 5) is 39.3. The number of carbonyl (C=O) groups is 3. The molecule has 0 unspecified atom stereocenters. The molecular weight excluding hydrogens is 372 g/mol. The number of esters is 1. The number of methoxy groups -OCH3 is 1. The Bertz CT molecular complexity index is 1050. The maximum atomic E-state index is 12.5. The molecule has 2 N–H and O–H groups in total. The molecule has 0 aliphatic heterocycles. The zero-order chi connectivity index (χ0) is 21.0. The van der Waals surface area contributed by atoms with Crippen molar-refractivity contribution < 1.29 is 19.1 Å². The summed E-state index contributed by atoms with van der Waals surface area (Å²) in [5.74, 6) is -1.16. The third-order valence-corrected chi connectivity index (χ3v) is 4.51. The topological polar surface area (TPSA) is 106 Å². The van der Waals surface area contributed by atoms with Crippen molar-refractivity contribution in [2.45, 2.75) is 26.8 Å². The molecular formula is C21H22N4O4. The molecule has 150 valence electrons. The van der Waals surface area contributed by atoms with Gasteiger partial charge in [0.15, 0.2) is 5.78 Å². The van der Waals surface area contributed by atoms with E-state index in [9.17, 15) is 14.4 Å². The highest BCUT2D eigenvalue weighted by Crippen LogP contribution is 2.21. The summed E-state index contributed by atoms with van der Waals surface area (Å²) in [5, 5.41) is 7.01. The summed E-state index contributed by atoms with van der Waals surface area (Å²) < 4.78 is 6.52. The summed E-state index contributed by atoms with van der Waals surface area (Å²) in [6.07, 6.45) is 3.18. The molecule has 29 heavy (non-hydrogen) atoms. The van der Waals surface area contributed by atoms with E-state index in [1.165, 1.54) is 14.0 Å². The van der Waals surface area contributed by atoms with Gasteiger partial charge in [0, 0.05) is 18.8 Å². The largest absolute Gasteiger partial charge is 0.465 e. The Balaban J connectivity index is 1.72. The third-order valence-electron chi connectivity index (χ3n) is 4.51. The first-order valence-electron chi connectivity index (χ1n) is 9.06. The maximum Gasteiger partial charge on any atom is 0.339 e. The number of H-pyrrole nitrogens is 1. The molecule has 8 nitrogen and oxygen atoms in total. The fraction of sp³-hybridized carbons (Fsp3) is 0.238. The van der Waals surface area contributed by atoms with Crippen molar-refractivity contribution in [1.29, 1.82) is 0 Å². The fourth-order valence-corrected chi connectivity index (χ4v) is 3.17. The van der Waals surface area contributed by atoms with Gasteiger partial charge in [0.1, 0.15) is 0 Å². The van der Waals surface area contributed by atoms with E-state index < -0.39 is 5.97 Å². The number of aromatic nitrogens is 3. The quantitative estimate of drug-likeness (QED) is 0.473. The van der Waals surface area contributed by atoms with Crippen LogP contribution in [0.25, 0.3) is 0 Å². The number of ether oxygens (including phenoxy) is 1. The summed E-state index contributed by atoms with van der Waals surface area (Å²) >= 11 is 0. The minimum Gasteiger partial charge on any atom is -0.465 e. The van der Waals surface area contributed by atoms with Gasteiger partial charge >= 0.3 is 5.97 Å². The summed E-state index contributed by atoms with van der Waals surface area (Å²) in [6, 6.07) is 9.84. The van der Waals surface area contributed by atoms with Crippen molar-refractivity contribution in [2.24, 2.45) is 0 Å². The van der Waals surface area contributed by atoms with Gasteiger partial charge in [-0.15, -0.1) is 0 Å². The van der Waals surface area contributed by atoms with Crippen LogP contribution in [0.3, 0.4) is 0 Å². The number of amides is 1. The van der Waals surface area contributed by atoms with Crippen molar-refractivity contribution in [3.63, 3.8) is 0 Å². The molecule has 0 atom stereocenters. The normalized spacial score (nSPS) is 10.6. The Labute approximate surface area is 167 Å². The van der Waals surface area contributed by atoms with E-state index in [0.717, 1.165) is 5.56 Å². The molecule has 2 heterocycles. The molecule has 8 heteroatoms. The first-order chi connectivity index (χ1) is 13.9. The predicted molar refractivity (Wildman–Crippen MR) is 107 cm³/mol. The lowest BCUT2D eigenvalue weighted by atomic mass is 10.1. The van der Waals surface area contributed by atoms with Crippen molar-refractivity contribution in [3.05, 3.63) is 70.8 Å². The number of ketones is 1. The van der Waals surface area contributed by atoms with Crippen LogP contribution in [0.5, 0.6) is 0 Å². The smallest absolute Gasteiger partial charge is 0.339 e. The molecule has 1 aromatic carbocycles. The molecule has 0 spiro atoms. The number of benzene rings is 1. The summed E-state index contributed by atoms with van der Waals surface area (Å²) in [6.45, 7) is 3.63. The fourth-order valence-electron chi connectivity index (χ4n) is 3.17. The van der Waals surface area contributed by atoms with Crippen LogP contribution >= 0.6 is 0 Å². The van der Waals surface area contributed by atoms with E-state index in [0.29, 0.717) is 29.2 Å². The van der Waals surface area contributed by atoms with Crippen LogP contribution < -0.4 is 5.32 Å². The highest BCUT2D eigenvalue weighted by atomic mass is 16.5. The number of hydrogen-bond donors (Lipinski definition) is 2. The zero-order valence-corrected chi connectivity index (χ0v) is 16.5. The van der Waals surface area contributed by atoms with Gasteiger partial charge in [-0.2, -0.15) is 5.10 Å². The minimum absolute atomic E-state index is 0.109. The molecule has 0 saturated heterocycles. The molecule has 0 radical (unpaired) electrons. The highest BCUT2D eigenvalue weighted by molar-refractivity contribution is 6.02. The van der Waals surface area contributed by atoms with E-state index in [-0.39, 0.29) is 23.7 Å². The van der Waals surface area contributed by atoms with E-state index in [4.69, 9.17) is 4.74 Å². The van der Waals surface area contributed by atoms with E-state index in [1.54, 1.807) is 24.0 Å². The highest BCUT2D eigenvalue weighted by Gasteiger charge is 2.24. The second kappa shape index (κ2) is 8.55. The molecule has 0 saturated carbocycles. The minimum atomic E-state index is -0.593. The zero-order valence-electron chi connectivity index (χ0n) is 16.5. The maximum absolute atomic E-state index is 12.5. The number of hydrogen-bond acceptors (Lipinski definition) is 5. The Morgan fingerprint density at radius 1 is 1.21 bits per heavy atom. The van der Waals surface area contributed by atoms with Crippen LogP contribution in [0.2, 0.25) is 0 Å². The SMILES string of the molecule is COC(=O)c1c(CC(=O)Nc2cnn(Cc3ccccc3)c2)[nH]c(C(C)=O)c1C. The second-order valence-corrected chi connectivity index (χ2v) is 6.66. The molecule has 0 aliphatic carbocycles. The van der Waals surface area contributed by atoms with Gasteiger partial charge in [-0.1, -0.05) is 30.3 Å². The van der Waals surface area contributed by atoms with Gasteiger partial charge in [0.05, 0.1) is 43.2 Å². The van der Waals surface area contributed by atoms with Gasteiger partial charge in [0.25, 0.3) is 0 Å². The van der Waals surface area contributed by atoms with Crippen molar-refractivity contribution in [1.82, 2.24) is 14.8 Å². The monoisotopic (exact) mass is 394 g/mol. The molecule has 0 bridgehead atoms. The molecule has 1 amide bonds. The van der Waals surface area contributed by atoms with Crippen LogP contribution in [0.4, 0.5) is 5.69 Å². The van der Waals surface area contributed by atoms with Crippen LogP contribution in [-0.2, 0) is 22.5 Å². The number of nitrogens with zero attached hydrogens (tertiary/aromatic N) is 2. The Morgan fingerprint density at radius 3 is 2.59 bits per heavy atom. The van der Waals surface area contributed by atoms with Crippen molar-refractivity contribution in [2.75, 3.05) is 12.4 Å². The Kier molecular flexibility index (Phi) is 5.92. The number of aromatic amines is 1. The van der Waals surface area contributed by atoms with E-state index >= 15 is 0 Å². The Hall–Kier alpha value is -3.68. The average Bonchev–Trinajstić information content (AvgIpc) is 3.25. The first kappa shape index (κ1) is 20.1.